The van der Waals surface area contributed by atoms with Crippen LogP contribution >= 0.6 is 11.6 Å². The number of aliphatic hydroxyl groups is 1. The molecule has 0 amide bonds. The zero-order chi connectivity index (χ0) is 11.5. The van der Waals surface area contributed by atoms with Crippen LogP contribution in [-0.2, 0) is 5.60 Å². The van der Waals surface area contributed by atoms with Crippen LogP contribution < -0.4 is 5.32 Å². The van der Waals surface area contributed by atoms with E-state index in [1.807, 2.05) is 12.1 Å². The highest BCUT2D eigenvalue weighted by Crippen LogP contribution is 2.21. The summed E-state index contributed by atoms with van der Waals surface area (Å²) in [6, 6.07) is 7.65. The first kappa shape index (κ1) is 12.5. The first-order valence-electron chi connectivity index (χ1n) is 5.13. The van der Waals surface area contributed by atoms with E-state index in [0.717, 1.165) is 5.56 Å². The van der Waals surface area contributed by atoms with E-state index < -0.39 is 5.60 Å². The molecule has 3 heteroatoms. The molecule has 1 aromatic rings. The van der Waals surface area contributed by atoms with E-state index >= 15 is 0 Å². The molecule has 2 nitrogen and oxygen atoms in total. The molecule has 0 aliphatic carbocycles. The summed E-state index contributed by atoms with van der Waals surface area (Å²) in [5.74, 6) is 0. The van der Waals surface area contributed by atoms with Crippen molar-refractivity contribution in [1.29, 1.82) is 0 Å². The predicted molar refractivity (Wildman–Crippen MR) is 64.2 cm³/mol. The Morgan fingerprint density at radius 1 is 1.33 bits per heavy atom. The van der Waals surface area contributed by atoms with Gasteiger partial charge in [0, 0.05) is 17.6 Å². The van der Waals surface area contributed by atoms with E-state index in [-0.39, 0.29) is 0 Å². The maximum Gasteiger partial charge on any atom is 0.0992 e. The lowest BCUT2D eigenvalue weighted by molar-refractivity contribution is 0.0549. The summed E-state index contributed by atoms with van der Waals surface area (Å²) in [4.78, 5) is 0. The number of benzene rings is 1. The van der Waals surface area contributed by atoms with Crippen LogP contribution in [0.5, 0.6) is 0 Å². The summed E-state index contributed by atoms with van der Waals surface area (Å²) in [6.07, 6.45) is 0. The van der Waals surface area contributed by atoms with Crippen molar-refractivity contribution in [2.24, 2.45) is 0 Å². The topological polar surface area (TPSA) is 32.3 Å². The van der Waals surface area contributed by atoms with Gasteiger partial charge in [0.15, 0.2) is 0 Å². The van der Waals surface area contributed by atoms with Crippen LogP contribution in [0, 0.1) is 0 Å². The van der Waals surface area contributed by atoms with E-state index in [1.54, 1.807) is 19.1 Å². The molecular formula is C12H18ClNO. The molecule has 0 heterocycles. The Kier molecular flexibility index (Phi) is 4.14. The van der Waals surface area contributed by atoms with Crippen molar-refractivity contribution >= 4 is 11.6 Å². The van der Waals surface area contributed by atoms with E-state index in [1.165, 1.54) is 0 Å². The summed E-state index contributed by atoms with van der Waals surface area (Å²) in [7, 11) is 0. The van der Waals surface area contributed by atoms with Crippen LogP contribution in [0.1, 0.15) is 26.3 Å². The van der Waals surface area contributed by atoms with Crippen molar-refractivity contribution in [2.75, 3.05) is 6.54 Å². The standard InChI is InChI=1S/C12H18ClNO/c1-9(2)14-8-12(3,15)10-4-6-11(13)7-5-10/h4-7,9,14-15H,8H2,1-3H3/t12-/m1/s1. The normalized spacial score (nSPS) is 15.3. The molecular weight excluding hydrogens is 210 g/mol. The monoisotopic (exact) mass is 227 g/mol. The molecule has 0 radical (unpaired) electrons. The SMILES string of the molecule is CC(C)NC[C@@](C)(O)c1ccc(Cl)cc1. The molecule has 0 saturated carbocycles. The van der Waals surface area contributed by atoms with Gasteiger partial charge in [0.25, 0.3) is 0 Å². The zero-order valence-corrected chi connectivity index (χ0v) is 10.2. The smallest absolute Gasteiger partial charge is 0.0992 e. The Hall–Kier alpha value is -0.570. The van der Waals surface area contributed by atoms with Gasteiger partial charge in [0.05, 0.1) is 5.60 Å². The Morgan fingerprint density at radius 2 is 1.87 bits per heavy atom. The second-order valence-electron chi connectivity index (χ2n) is 4.32. The lowest BCUT2D eigenvalue weighted by atomic mass is 9.96. The van der Waals surface area contributed by atoms with Crippen LogP contribution in [-0.4, -0.2) is 17.7 Å². The van der Waals surface area contributed by atoms with E-state index in [2.05, 4.69) is 19.2 Å². The van der Waals surface area contributed by atoms with Crippen molar-refractivity contribution in [3.8, 4) is 0 Å². The van der Waals surface area contributed by atoms with Crippen molar-refractivity contribution < 1.29 is 5.11 Å². The molecule has 84 valence electrons. The Bertz CT molecular complexity index is 306. The zero-order valence-electron chi connectivity index (χ0n) is 9.42. The van der Waals surface area contributed by atoms with Gasteiger partial charge >= 0.3 is 0 Å². The average Bonchev–Trinajstić information content (AvgIpc) is 2.16. The average molecular weight is 228 g/mol. The van der Waals surface area contributed by atoms with Crippen molar-refractivity contribution in [3.63, 3.8) is 0 Å². The van der Waals surface area contributed by atoms with Gasteiger partial charge in [-0.25, -0.2) is 0 Å². The maximum absolute atomic E-state index is 10.2. The molecule has 0 aliphatic rings. The first-order chi connectivity index (χ1) is 6.92. The summed E-state index contributed by atoms with van der Waals surface area (Å²) in [5.41, 5.74) is 0.0227. The van der Waals surface area contributed by atoms with Crippen molar-refractivity contribution in [1.82, 2.24) is 5.32 Å². The number of halogens is 1. The van der Waals surface area contributed by atoms with Gasteiger partial charge in [-0.05, 0) is 24.6 Å². The van der Waals surface area contributed by atoms with Gasteiger partial charge in [0.1, 0.15) is 0 Å². The summed E-state index contributed by atoms with van der Waals surface area (Å²) >= 11 is 5.79. The highest BCUT2D eigenvalue weighted by atomic mass is 35.5. The molecule has 0 bridgehead atoms. The molecule has 0 aromatic heterocycles. The fraction of sp³-hybridized carbons (Fsp3) is 0.500. The molecule has 0 spiro atoms. The minimum atomic E-state index is -0.852. The minimum Gasteiger partial charge on any atom is -0.384 e. The number of hydrogen-bond donors (Lipinski definition) is 2. The molecule has 0 aliphatic heterocycles. The molecule has 1 aromatic carbocycles. The van der Waals surface area contributed by atoms with Crippen LogP contribution in [0.25, 0.3) is 0 Å². The second-order valence-corrected chi connectivity index (χ2v) is 4.75. The third kappa shape index (κ3) is 3.82. The van der Waals surface area contributed by atoms with E-state index in [0.29, 0.717) is 17.6 Å². The summed E-state index contributed by atoms with van der Waals surface area (Å²) < 4.78 is 0. The second kappa shape index (κ2) is 4.97. The molecule has 0 fully saturated rings. The third-order valence-corrected chi connectivity index (χ3v) is 2.57. The third-order valence-electron chi connectivity index (χ3n) is 2.32. The molecule has 0 saturated heterocycles. The van der Waals surface area contributed by atoms with Gasteiger partial charge in [-0.15, -0.1) is 0 Å². The first-order valence-corrected chi connectivity index (χ1v) is 5.51. The van der Waals surface area contributed by atoms with Gasteiger partial charge < -0.3 is 10.4 Å². The van der Waals surface area contributed by atoms with Crippen LogP contribution in [0.15, 0.2) is 24.3 Å². The van der Waals surface area contributed by atoms with Gasteiger partial charge in [-0.3, -0.25) is 0 Å². The summed E-state index contributed by atoms with van der Waals surface area (Å²) in [6.45, 7) is 6.44. The van der Waals surface area contributed by atoms with Gasteiger partial charge in [-0.1, -0.05) is 37.6 Å². The van der Waals surface area contributed by atoms with Gasteiger partial charge in [-0.2, -0.15) is 0 Å². The highest BCUT2D eigenvalue weighted by Gasteiger charge is 2.22. The van der Waals surface area contributed by atoms with Gasteiger partial charge in [0.2, 0.25) is 0 Å². The predicted octanol–water partition coefficient (Wildman–Crippen LogP) is 2.55. The lowest BCUT2D eigenvalue weighted by Crippen LogP contribution is -2.38. The number of nitrogens with one attached hydrogen (secondary N) is 1. The number of rotatable bonds is 4. The quantitative estimate of drug-likeness (QED) is 0.829. The lowest BCUT2D eigenvalue weighted by Gasteiger charge is -2.25. The fourth-order valence-electron chi connectivity index (χ4n) is 1.31. The van der Waals surface area contributed by atoms with Crippen molar-refractivity contribution in [2.45, 2.75) is 32.4 Å². The van der Waals surface area contributed by atoms with Crippen LogP contribution in [0.2, 0.25) is 5.02 Å². The van der Waals surface area contributed by atoms with Crippen LogP contribution in [0.3, 0.4) is 0 Å². The largest absolute Gasteiger partial charge is 0.384 e. The molecule has 2 N–H and O–H groups in total. The number of hydrogen-bond acceptors (Lipinski definition) is 2. The van der Waals surface area contributed by atoms with E-state index in [4.69, 9.17) is 11.6 Å². The van der Waals surface area contributed by atoms with Crippen LogP contribution in [0.4, 0.5) is 0 Å². The van der Waals surface area contributed by atoms with E-state index in [9.17, 15) is 5.11 Å². The Morgan fingerprint density at radius 3 is 2.33 bits per heavy atom. The fourth-order valence-corrected chi connectivity index (χ4v) is 1.44. The Balaban J connectivity index is 2.72. The van der Waals surface area contributed by atoms with Crippen molar-refractivity contribution in [3.05, 3.63) is 34.9 Å². The maximum atomic E-state index is 10.2. The molecule has 15 heavy (non-hydrogen) atoms. The highest BCUT2D eigenvalue weighted by molar-refractivity contribution is 6.30. The molecule has 1 atom stereocenters. The summed E-state index contributed by atoms with van der Waals surface area (Å²) in [5, 5.41) is 14.1. The Labute approximate surface area is 96.3 Å². The minimum absolute atomic E-state index is 0.365. The molecule has 1 rings (SSSR count). The molecule has 0 unspecified atom stereocenters.